The molecular formula is C14H17NO6. The van der Waals surface area contributed by atoms with Crippen molar-refractivity contribution in [3.05, 3.63) is 30.3 Å². The van der Waals surface area contributed by atoms with Gasteiger partial charge in [-0.3, -0.25) is 0 Å². The summed E-state index contributed by atoms with van der Waals surface area (Å²) >= 11 is 0. The smallest absolute Gasteiger partial charge is 0.195 e. The summed E-state index contributed by atoms with van der Waals surface area (Å²) in [6.45, 7) is -0.506. The quantitative estimate of drug-likeness (QED) is 0.514. The highest BCUT2D eigenvalue weighted by Crippen LogP contribution is 2.26. The zero-order valence-electron chi connectivity index (χ0n) is 11.1. The molecule has 0 radical (unpaired) electrons. The topological polar surface area (TPSA) is 115 Å². The molecule has 7 nitrogen and oxygen atoms in total. The van der Waals surface area contributed by atoms with Crippen molar-refractivity contribution in [2.75, 3.05) is 6.61 Å². The number of H-pyrrole nitrogens is 1. The van der Waals surface area contributed by atoms with Crippen LogP contribution >= 0.6 is 0 Å². The number of hydrogen-bond donors (Lipinski definition) is 5. The van der Waals surface area contributed by atoms with E-state index < -0.39 is 37.3 Å². The zero-order chi connectivity index (χ0) is 15.0. The molecule has 21 heavy (non-hydrogen) atoms. The SMILES string of the molecule is OC[C@H]1OC(O)[C@H](Oc2cc3ccccc3[nH]2)[C@@H](O)[C@H]1O. The number of ether oxygens (including phenoxy) is 2. The number of aliphatic hydroxyl groups is 4. The second-order valence-corrected chi connectivity index (χ2v) is 5.03. The number of aromatic nitrogens is 1. The highest BCUT2D eigenvalue weighted by molar-refractivity contribution is 5.81. The molecule has 0 aliphatic carbocycles. The predicted octanol–water partition coefficient (Wildman–Crippen LogP) is -0.653. The number of para-hydroxylation sites is 1. The van der Waals surface area contributed by atoms with Crippen molar-refractivity contribution in [2.45, 2.75) is 30.7 Å². The molecule has 1 unspecified atom stereocenters. The van der Waals surface area contributed by atoms with Gasteiger partial charge in [0, 0.05) is 17.0 Å². The molecule has 1 aliphatic rings. The molecule has 1 saturated heterocycles. The van der Waals surface area contributed by atoms with E-state index in [1.807, 2.05) is 24.3 Å². The monoisotopic (exact) mass is 295 g/mol. The van der Waals surface area contributed by atoms with Crippen LogP contribution in [0.15, 0.2) is 30.3 Å². The van der Waals surface area contributed by atoms with Gasteiger partial charge in [0.1, 0.15) is 18.3 Å². The van der Waals surface area contributed by atoms with Crippen LogP contribution in [0, 0.1) is 0 Å². The van der Waals surface area contributed by atoms with Crippen LogP contribution < -0.4 is 4.74 Å². The van der Waals surface area contributed by atoms with Gasteiger partial charge in [-0.2, -0.15) is 0 Å². The Bertz CT molecular complexity index is 581. The Balaban J connectivity index is 1.80. The number of aliphatic hydroxyl groups excluding tert-OH is 4. The van der Waals surface area contributed by atoms with E-state index >= 15 is 0 Å². The van der Waals surface area contributed by atoms with E-state index in [1.165, 1.54) is 0 Å². The molecule has 2 aromatic rings. The highest BCUT2D eigenvalue weighted by atomic mass is 16.7. The van der Waals surface area contributed by atoms with E-state index in [1.54, 1.807) is 6.07 Å². The van der Waals surface area contributed by atoms with Crippen molar-refractivity contribution in [3.63, 3.8) is 0 Å². The van der Waals surface area contributed by atoms with E-state index in [0.717, 1.165) is 10.9 Å². The van der Waals surface area contributed by atoms with Crippen molar-refractivity contribution >= 4 is 10.9 Å². The minimum Gasteiger partial charge on any atom is -0.467 e. The fraction of sp³-hybridized carbons (Fsp3) is 0.429. The summed E-state index contributed by atoms with van der Waals surface area (Å²) < 4.78 is 10.5. The Labute approximate surface area is 120 Å². The van der Waals surface area contributed by atoms with Crippen LogP contribution in [-0.4, -0.2) is 62.7 Å². The lowest BCUT2D eigenvalue weighted by molar-refractivity contribution is -0.280. The van der Waals surface area contributed by atoms with Gasteiger partial charge in [0.15, 0.2) is 18.3 Å². The van der Waals surface area contributed by atoms with Crippen LogP contribution in [0.25, 0.3) is 10.9 Å². The third kappa shape index (κ3) is 2.61. The summed E-state index contributed by atoms with van der Waals surface area (Å²) in [5.74, 6) is 0.345. The summed E-state index contributed by atoms with van der Waals surface area (Å²) in [6, 6.07) is 9.22. The van der Waals surface area contributed by atoms with Crippen molar-refractivity contribution in [2.24, 2.45) is 0 Å². The Kier molecular flexibility index (Phi) is 3.83. The molecule has 0 amide bonds. The average Bonchev–Trinajstić information content (AvgIpc) is 2.89. The molecule has 3 rings (SSSR count). The van der Waals surface area contributed by atoms with E-state index in [2.05, 4.69) is 4.98 Å². The number of nitrogens with one attached hydrogen (secondary N) is 1. The van der Waals surface area contributed by atoms with Gasteiger partial charge in [-0.25, -0.2) is 0 Å². The van der Waals surface area contributed by atoms with Gasteiger partial charge in [-0.1, -0.05) is 18.2 Å². The maximum absolute atomic E-state index is 10.0. The molecule has 1 aliphatic heterocycles. The molecule has 1 aromatic carbocycles. The lowest BCUT2D eigenvalue weighted by Crippen LogP contribution is -2.60. The van der Waals surface area contributed by atoms with E-state index in [4.69, 9.17) is 14.6 Å². The van der Waals surface area contributed by atoms with Gasteiger partial charge in [-0.05, 0) is 6.07 Å². The van der Waals surface area contributed by atoms with Crippen LogP contribution in [-0.2, 0) is 4.74 Å². The molecule has 5 atom stereocenters. The molecule has 0 spiro atoms. The van der Waals surface area contributed by atoms with Crippen molar-refractivity contribution < 1.29 is 29.9 Å². The molecule has 5 N–H and O–H groups in total. The molecule has 7 heteroatoms. The van der Waals surface area contributed by atoms with Gasteiger partial charge < -0.3 is 34.9 Å². The number of fused-ring (bicyclic) bond motifs is 1. The second kappa shape index (κ2) is 5.63. The summed E-state index contributed by atoms with van der Waals surface area (Å²) in [4.78, 5) is 2.99. The maximum Gasteiger partial charge on any atom is 0.195 e. The summed E-state index contributed by atoms with van der Waals surface area (Å²) in [5.41, 5.74) is 0.849. The molecule has 2 heterocycles. The van der Waals surface area contributed by atoms with E-state index in [-0.39, 0.29) is 0 Å². The Morgan fingerprint density at radius 3 is 2.62 bits per heavy atom. The number of hydrogen-bond acceptors (Lipinski definition) is 6. The molecule has 1 fully saturated rings. The fourth-order valence-electron chi connectivity index (χ4n) is 2.46. The number of benzene rings is 1. The highest BCUT2D eigenvalue weighted by Gasteiger charge is 2.45. The minimum atomic E-state index is -1.45. The lowest BCUT2D eigenvalue weighted by atomic mass is 9.99. The van der Waals surface area contributed by atoms with E-state index in [9.17, 15) is 15.3 Å². The Morgan fingerprint density at radius 2 is 1.90 bits per heavy atom. The van der Waals surface area contributed by atoms with Gasteiger partial charge >= 0.3 is 0 Å². The Morgan fingerprint density at radius 1 is 1.14 bits per heavy atom. The van der Waals surface area contributed by atoms with Crippen LogP contribution in [0.2, 0.25) is 0 Å². The molecule has 0 saturated carbocycles. The van der Waals surface area contributed by atoms with Crippen LogP contribution in [0.4, 0.5) is 0 Å². The average molecular weight is 295 g/mol. The molecular weight excluding hydrogens is 278 g/mol. The third-order valence-corrected chi connectivity index (χ3v) is 3.61. The zero-order valence-corrected chi connectivity index (χ0v) is 11.1. The van der Waals surface area contributed by atoms with Crippen LogP contribution in [0.1, 0.15) is 0 Å². The first-order valence-electron chi connectivity index (χ1n) is 6.65. The molecule has 114 valence electrons. The molecule has 0 bridgehead atoms. The summed E-state index contributed by atoms with van der Waals surface area (Å²) in [5, 5.41) is 39.6. The number of rotatable bonds is 3. The summed E-state index contributed by atoms with van der Waals surface area (Å²) in [6.07, 6.45) is -6.37. The Hall–Kier alpha value is -1.64. The number of aromatic amines is 1. The fourth-order valence-corrected chi connectivity index (χ4v) is 2.46. The van der Waals surface area contributed by atoms with Crippen LogP contribution in [0.3, 0.4) is 0 Å². The van der Waals surface area contributed by atoms with Gasteiger partial charge in [0.25, 0.3) is 0 Å². The first-order valence-corrected chi connectivity index (χ1v) is 6.65. The first kappa shape index (κ1) is 14.3. The van der Waals surface area contributed by atoms with Gasteiger partial charge in [-0.15, -0.1) is 0 Å². The van der Waals surface area contributed by atoms with Crippen LogP contribution in [0.5, 0.6) is 5.88 Å². The first-order chi connectivity index (χ1) is 10.1. The predicted molar refractivity (Wildman–Crippen MR) is 72.7 cm³/mol. The second-order valence-electron chi connectivity index (χ2n) is 5.03. The largest absolute Gasteiger partial charge is 0.467 e. The maximum atomic E-state index is 10.0. The van der Waals surface area contributed by atoms with Crippen molar-refractivity contribution in [3.8, 4) is 5.88 Å². The molecule has 1 aromatic heterocycles. The van der Waals surface area contributed by atoms with Crippen molar-refractivity contribution in [1.82, 2.24) is 4.98 Å². The minimum absolute atomic E-state index is 0.345. The summed E-state index contributed by atoms with van der Waals surface area (Å²) in [7, 11) is 0. The van der Waals surface area contributed by atoms with Crippen molar-refractivity contribution in [1.29, 1.82) is 0 Å². The normalized spacial score (nSPS) is 33.2. The third-order valence-electron chi connectivity index (χ3n) is 3.61. The van der Waals surface area contributed by atoms with Gasteiger partial charge in [0.2, 0.25) is 0 Å². The van der Waals surface area contributed by atoms with Gasteiger partial charge in [0.05, 0.1) is 6.61 Å². The van der Waals surface area contributed by atoms with E-state index in [0.29, 0.717) is 5.88 Å². The lowest BCUT2D eigenvalue weighted by Gasteiger charge is -2.39. The standard InChI is InChI=1S/C14H17NO6/c16-6-9-11(17)12(18)13(14(19)20-9)21-10-5-7-3-1-2-4-8(7)15-10/h1-5,9,11-19H,6H2/t9-,11+,12+,13-,14?/m1/s1.